The normalized spacial score (nSPS) is 12.4. The highest BCUT2D eigenvalue weighted by molar-refractivity contribution is 5.22. The zero-order chi connectivity index (χ0) is 7.82. The fourth-order valence-corrected chi connectivity index (χ4v) is 0.623. The van der Waals surface area contributed by atoms with Crippen LogP contribution in [0.15, 0.2) is 36.5 Å². The summed E-state index contributed by atoms with van der Waals surface area (Å²) in [6, 6.07) is 0. The zero-order valence-electron chi connectivity index (χ0n) is 6.72. The molecular weight excluding hydrogens is 122 g/mol. The second kappa shape index (κ2) is 6.30. The second-order valence-corrected chi connectivity index (χ2v) is 2.00. The third-order valence-electron chi connectivity index (χ3n) is 1.15. The van der Waals surface area contributed by atoms with Crippen molar-refractivity contribution < 1.29 is 0 Å². The third-order valence-corrected chi connectivity index (χ3v) is 1.15. The molecule has 0 heterocycles. The van der Waals surface area contributed by atoms with Gasteiger partial charge in [0.15, 0.2) is 0 Å². The van der Waals surface area contributed by atoms with Crippen LogP contribution >= 0.6 is 0 Å². The van der Waals surface area contributed by atoms with Gasteiger partial charge in [0.25, 0.3) is 0 Å². The maximum absolute atomic E-state index is 3.69. The van der Waals surface area contributed by atoms with Crippen LogP contribution in [0, 0.1) is 0 Å². The summed E-state index contributed by atoms with van der Waals surface area (Å²) in [5.74, 6) is 0. The van der Waals surface area contributed by atoms with Crippen LogP contribution in [0.1, 0.15) is 6.92 Å². The van der Waals surface area contributed by atoms with Crippen molar-refractivity contribution >= 4 is 0 Å². The molecule has 0 amide bonds. The maximum Gasteiger partial charge on any atom is 0.0202 e. The lowest BCUT2D eigenvalue weighted by molar-refractivity contribution is 0.896. The molecule has 10 heavy (non-hydrogen) atoms. The smallest absolute Gasteiger partial charge is 0.0202 e. The third kappa shape index (κ3) is 4.10. The van der Waals surface area contributed by atoms with E-state index in [2.05, 4.69) is 11.9 Å². The molecular formula is C9H15N. The summed E-state index contributed by atoms with van der Waals surface area (Å²) in [5, 5.41) is 3.05. The van der Waals surface area contributed by atoms with Gasteiger partial charge in [-0.2, -0.15) is 0 Å². The van der Waals surface area contributed by atoms with E-state index in [0.29, 0.717) is 0 Å². The van der Waals surface area contributed by atoms with Crippen molar-refractivity contribution in [2.24, 2.45) is 0 Å². The molecule has 0 atom stereocenters. The highest BCUT2D eigenvalue weighted by atomic mass is 14.8. The molecule has 1 heteroatoms. The van der Waals surface area contributed by atoms with Gasteiger partial charge in [-0.3, -0.25) is 0 Å². The van der Waals surface area contributed by atoms with Gasteiger partial charge in [-0.05, 0) is 19.5 Å². The van der Waals surface area contributed by atoms with Crippen LogP contribution in [-0.4, -0.2) is 13.6 Å². The number of hydrogen-bond acceptors (Lipinski definition) is 1. The summed E-state index contributed by atoms with van der Waals surface area (Å²) >= 11 is 0. The minimum atomic E-state index is 0.883. The molecule has 56 valence electrons. The second-order valence-electron chi connectivity index (χ2n) is 2.00. The SMILES string of the molecule is C=C/C(=C\C=C\C)CNC. The van der Waals surface area contributed by atoms with Crippen LogP contribution in [0.25, 0.3) is 0 Å². The van der Waals surface area contributed by atoms with E-state index in [0.717, 1.165) is 6.54 Å². The van der Waals surface area contributed by atoms with Gasteiger partial charge in [-0.25, -0.2) is 0 Å². The molecule has 0 fully saturated rings. The van der Waals surface area contributed by atoms with Gasteiger partial charge in [0.1, 0.15) is 0 Å². The predicted molar refractivity (Wildman–Crippen MR) is 47.0 cm³/mol. The standard InChI is InChI=1S/C9H15N/c1-4-6-7-9(5-2)8-10-3/h4-7,10H,2,8H2,1,3H3/b6-4+,9-7+. The Balaban J connectivity index is 3.90. The molecule has 0 aliphatic carbocycles. The van der Waals surface area contributed by atoms with Crippen LogP contribution < -0.4 is 5.32 Å². The molecule has 0 aliphatic rings. The highest BCUT2D eigenvalue weighted by Gasteiger charge is 1.83. The summed E-state index contributed by atoms with van der Waals surface area (Å²) < 4.78 is 0. The molecule has 0 radical (unpaired) electrons. The van der Waals surface area contributed by atoms with E-state index in [-0.39, 0.29) is 0 Å². The Kier molecular flexibility index (Phi) is 5.79. The number of allylic oxidation sites excluding steroid dienone is 3. The Morgan fingerprint density at radius 1 is 1.60 bits per heavy atom. The molecule has 0 saturated heterocycles. The molecule has 0 unspecified atom stereocenters. The van der Waals surface area contributed by atoms with E-state index in [9.17, 15) is 0 Å². The van der Waals surface area contributed by atoms with Crippen molar-refractivity contribution in [1.29, 1.82) is 0 Å². The van der Waals surface area contributed by atoms with Gasteiger partial charge in [0.05, 0.1) is 0 Å². The van der Waals surface area contributed by atoms with Crippen molar-refractivity contribution in [3.63, 3.8) is 0 Å². The Labute approximate surface area is 63.1 Å². The lowest BCUT2D eigenvalue weighted by Gasteiger charge is -1.96. The predicted octanol–water partition coefficient (Wildman–Crippen LogP) is 1.89. The Bertz CT molecular complexity index is 143. The summed E-state index contributed by atoms with van der Waals surface area (Å²) in [5.41, 5.74) is 1.21. The molecule has 0 aromatic heterocycles. The van der Waals surface area contributed by atoms with Crippen LogP contribution in [0.5, 0.6) is 0 Å². The summed E-state index contributed by atoms with van der Waals surface area (Å²) in [4.78, 5) is 0. The molecule has 0 aromatic rings. The van der Waals surface area contributed by atoms with E-state index in [1.165, 1.54) is 5.57 Å². The lowest BCUT2D eigenvalue weighted by atomic mass is 10.2. The first-order valence-electron chi connectivity index (χ1n) is 3.44. The fourth-order valence-electron chi connectivity index (χ4n) is 0.623. The van der Waals surface area contributed by atoms with Crippen LogP contribution in [0.2, 0.25) is 0 Å². The summed E-state index contributed by atoms with van der Waals surface area (Å²) in [7, 11) is 1.92. The van der Waals surface area contributed by atoms with Gasteiger partial charge in [-0.1, -0.05) is 30.9 Å². The molecule has 0 bridgehead atoms. The van der Waals surface area contributed by atoms with Crippen molar-refractivity contribution in [1.82, 2.24) is 5.32 Å². The van der Waals surface area contributed by atoms with Gasteiger partial charge in [0.2, 0.25) is 0 Å². The Morgan fingerprint density at radius 2 is 2.30 bits per heavy atom. The van der Waals surface area contributed by atoms with Gasteiger partial charge in [0, 0.05) is 6.54 Å². The molecule has 0 rings (SSSR count). The monoisotopic (exact) mass is 137 g/mol. The average molecular weight is 137 g/mol. The van der Waals surface area contributed by atoms with E-state index in [4.69, 9.17) is 0 Å². The van der Waals surface area contributed by atoms with Crippen molar-refractivity contribution in [3.8, 4) is 0 Å². The number of rotatable bonds is 4. The van der Waals surface area contributed by atoms with Crippen molar-refractivity contribution in [2.45, 2.75) is 6.92 Å². The topological polar surface area (TPSA) is 12.0 Å². The van der Waals surface area contributed by atoms with Gasteiger partial charge in [-0.15, -0.1) is 0 Å². The first-order valence-corrected chi connectivity index (χ1v) is 3.44. The van der Waals surface area contributed by atoms with Crippen molar-refractivity contribution in [3.05, 3.63) is 36.5 Å². The molecule has 1 N–H and O–H groups in total. The quantitative estimate of drug-likeness (QED) is 0.583. The minimum absolute atomic E-state index is 0.883. The van der Waals surface area contributed by atoms with Crippen LogP contribution in [0.3, 0.4) is 0 Å². The number of likely N-dealkylation sites (N-methyl/N-ethyl adjacent to an activating group) is 1. The van der Waals surface area contributed by atoms with Crippen molar-refractivity contribution in [2.75, 3.05) is 13.6 Å². The van der Waals surface area contributed by atoms with E-state index >= 15 is 0 Å². The molecule has 0 aliphatic heterocycles. The van der Waals surface area contributed by atoms with E-state index in [1.807, 2.05) is 38.3 Å². The lowest BCUT2D eigenvalue weighted by Crippen LogP contribution is -2.08. The molecule has 0 spiro atoms. The van der Waals surface area contributed by atoms with Gasteiger partial charge < -0.3 is 5.32 Å². The van der Waals surface area contributed by atoms with E-state index in [1.54, 1.807) is 0 Å². The molecule has 0 saturated carbocycles. The largest absolute Gasteiger partial charge is 0.316 e. The first kappa shape index (κ1) is 9.18. The van der Waals surface area contributed by atoms with E-state index < -0.39 is 0 Å². The van der Waals surface area contributed by atoms with Gasteiger partial charge >= 0.3 is 0 Å². The Hall–Kier alpha value is -0.820. The molecule has 0 aromatic carbocycles. The number of nitrogens with one attached hydrogen (secondary N) is 1. The van der Waals surface area contributed by atoms with Crippen LogP contribution in [-0.2, 0) is 0 Å². The molecule has 1 nitrogen and oxygen atoms in total. The highest BCUT2D eigenvalue weighted by Crippen LogP contribution is 1.92. The average Bonchev–Trinajstić information content (AvgIpc) is 1.98. The van der Waals surface area contributed by atoms with Crippen LogP contribution in [0.4, 0.5) is 0 Å². The summed E-state index contributed by atoms with van der Waals surface area (Å²) in [6.45, 7) is 6.57. The number of hydrogen-bond donors (Lipinski definition) is 1. The Morgan fingerprint density at radius 3 is 2.70 bits per heavy atom. The minimum Gasteiger partial charge on any atom is -0.316 e. The summed E-state index contributed by atoms with van der Waals surface area (Å²) in [6.07, 6.45) is 7.91. The fraction of sp³-hybridized carbons (Fsp3) is 0.333. The first-order chi connectivity index (χ1) is 4.85. The maximum atomic E-state index is 3.69. The zero-order valence-corrected chi connectivity index (χ0v) is 6.72.